The molecule has 2 atom stereocenters. The van der Waals surface area contributed by atoms with Crippen LogP contribution in [0.15, 0.2) is 0 Å². The minimum atomic E-state index is -0.659. The van der Waals surface area contributed by atoms with E-state index < -0.39 is 11.5 Å². The second-order valence-corrected chi connectivity index (χ2v) is 7.65. The van der Waals surface area contributed by atoms with Gasteiger partial charge in [0.15, 0.2) is 0 Å². The molecule has 4 nitrogen and oxygen atoms in total. The molecule has 2 N–H and O–H groups in total. The fourth-order valence-corrected chi connectivity index (χ4v) is 4.38. The molecule has 3 rings (SSSR count). The van der Waals surface area contributed by atoms with Gasteiger partial charge in [-0.2, -0.15) is 0 Å². The van der Waals surface area contributed by atoms with Crippen molar-refractivity contribution < 1.29 is 9.90 Å². The smallest absolute Gasteiger partial charge is 0.323 e. The van der Waals surface area contributed by atoms with Crippen molar-refractivity contribution in [2.45, 2.75) is 81.8 Å². The van der Waals surface area contributed by atoms with Crippen LogP contribution in [0, 0.1) is 5.92 Å². The lowest BCUT2D eigenvalue weighted by atomic mass is 9.78. The van der Waals surface area contributed by atoms with Crippen molar-refractivity contribution in [1.82, 2.24) is 10.2 Å². The largest absolute Gasteiger partial charge is 0.480 e. The fourth-order valence-electron chi connectivity index (χ4n) is 4.38. The van der Waals surface area contributed by atoms with Crippen LogP contribution in [0.4, 0.5) is 0 Å². The molecule has 0 bridgehead atoms. The van der Waals surface area contributed by atoms with Crippen molar-refractivity contribution in [3.05, 3.63) is 0 Å². The summed E-state index contributed by atoms with van der Waals surface area (Å²) in [5.41, 5.74) is -0.659. The molecule has 0 radical (unpaired) electrons. The highest BCUT2D eigenvalue weighted by atomic mass is 16.4. The molecule has 120 valence electrons. The van der Waals surface area contributed by atoms with Crippen LogP contribution < -0.4 is 5.32 Å². The molecule has 0 saturated heterocycles. The van der Waals surface area contributed by atoms with Gasteiger partial charge in [-0.25, -0.2) is 0 Å². The molecule has 2 unspecified atom stereocenters. The van der Waals surface area contributed by atoms with Gasteiger partial charge in [-0.15, -0.1) is 0 Å². The van der Waals surface area contributed by atoms with Crippen LogP contribution in [0.5, 0.6) is 0 Å². The monoisotopic (exact) mass is 294 g/mol. The van der Waals surface area contributed by atoms with Gasteiger partial charge in [-0.1, -0.05) is 12.8 Å². The zero-order chi connectivity index (χ0) is 14.9. The first-order valence-corrected chi connectivity index (χ1v) is 8.80. The summed E-state index contributed by atoms with van der Waals surface area (Å²) in [6.45, 7) is 1.16. The molecular formula is C17H30N2O2. The quantitative estimate of drug-likeness (QED) is 0.791. The zero-order valence-electron chi connectivity index (χ0n) is 13.3. The van der Waals surface area contributed by atoms with E-state index >= 15 is 0 Å². The SMILES string of the molecule is CN(CC1CCCC1)C1CCCC(NC2CC2)(C(=O)O)C1. The average molecular weight is 294 g/mol. The summed E-state index contributed by atoms with van der Waals surface area (Å²) in [6, 6.07) is 0.890. The van der Waals surface area contributed by atoms with Crippen molar-refractivity contribution in [1.29, 1.82) is 0 Å². The van der Waals surface area contributed by atoms with Gasteiger partial charge in [-0.05, 0) is 64.3 Å². The van der Waals surface area contributed by atoms with Crippen molar-refractivity contribution in [3.63, 3.8) is 0 Å². The molecular weight excluding hydrogens is 264 g/mol. The van der Waals surface area contributed by atoms with E-state index in [-0.39, 0.29) is 0 Å². The number of hydrogen-bond donors (Lipinski definition) is 2. The van der Waals surface area contributed by atoms with Crippen LogP contribution in [0.3, 0.4) is 0 Å². The first kappa shape index (κ1) is 15.3. The lowest BCUT2D eigenvalue weighted by Crippen LogP contribution is -2.58. The molecule has 0 amide bonds. The predicted molar refractivity (Wildman–Crippen MR) is 83.4 cm³/mol. The molecule has 0 aromatic carbocycles. The fraction of sp³-hybridized carbons (Fsp3) is 0.941. The van der Waals surface area contributed by atoms with E-state index in [1.807, 2.05) is 0 Å². The summed E-state index contributed by atoms with van der Waals surface area (Å²) in [7, 11) is 2.21. The summed E-state index contributed by atoms with van der Waals surface area (Å²) in [4.78, 5) is 14.3. The third kappa shape index (κ3) is 3.59. The Morgan fingerprint density at radius 2 is 1.90 bits per heavy atom. The van der Waals surface area contributed by atoms with Crippen LogP contribution in [0.25, 0.3) is 0 Å². The van der Waals surface area contributed by atoms with E-state index in [0.717, 1.165) is 51.0 Å². The van der Waals surface area contributed by atoms with Gasteiger partial charge in [-0.3, -0.25) is 10.1 Å². The average Bonchev–Trinajstić information content (AvgIpc) is 3.12. The van der Waals surface area contributed by atoms with Crippen LogP contribution in [-0.2, 0) is 4.79 Å². The molecule has 0 heterocycles. The third-order valence-electron chi connectivity index (χ3n) is 5.84. The minimum absolute atomic E-state index is 0.432. The molecule has 3 saturated carbocycles. The van der Waals surface area contributed by atoms with E-state index in [4.69, 9.17) is 0 Å². The van der Waals surface area contributed by atoms with Crippen LogP contribution in [-0.4, -0.2) is 47.2 Å². The van der Waals surface area contributed by atoms with Crippen molar-refractivity contribution in [3.8, 4) is 0 Å². The number of rotatable bonds is 6. The standard InChI is InChI=1S/C17H30N2O2/c1-19(12-13-5-2-3-6-13)15-7-4-10-17(11-15,16(20)21)18-14-8-9-14/h13-15,18H,2-12H2,1H3,(H,20,21). The number of carboxylic acid groups (broad SMARTS) is 1. The molecule has 3 fully saturated rings. The summed E-state index contributed by atoms with van der Waals surface area (Å²) in [5.74, 6) is 0.209. The van der Waals surface area contributed by atoms with Gasteiger partial charge in [0.25, 0.3) is 0 Å². The second-order valence-electron chi connectivity index (χ2n) is 7.65. The number of hydrogen-bond acceptors (Lipinski definition) is 3. The highest BCUT2D eigenvalue weighted by Crippen LogP contribution is 2.35. The molecule has 0 spiro atoms. The maximum atomic E-state index is 11.9. The molecule has 4 heteroatoms. The third-order valence-corrected chi connectivity index (χ3v) is 5.84. The molecule has 0 aromatic heterocycles. The van der Waals surface area contributed by atoms with E-state index in [1.54, 1.807) is 0 Å². The lowest BCUT2D eigenvalue weighted by molar-refractivity contribution is -0.147. The highest BCUT2D eigenvalue weighted by Gasteiger charge is 2.46. The molecule has 3 aliphatic rings. The Hall–Kier alpha value is -0.610. The number of carboxylic acids is 1. The number of carbonyl (C=O) groups is 1. The topological polar surface area (TPSA) is 52.6 Å². The highest BCUT2D eigenvalue weighted by molar-refractivity contribution is 5.79. The Morgan fingerprint density at radius 1 is 1.19 bits per heavy atom. The first-order chi connectivity index (χ1) is 10.1. The number of nitrogens with zero attached hydrogens (tertiary/aromatic N) is 1. The Kier molecular flexibility index (Phi) is 4.55. The van der Waals surface area contributed by atoms with Crippen molar-refractivity contribution in [2.24, 2.45) is 5.92 Å². The zero-order valence-corrected chi connectivity index (χ0v) is 13.3. The van der Waals surface area contributed by atoms with Gasteiger partial charge in [0.05, 0.1) is 0 Å². The van der Waals surface area contributed by atoms with Gasteiger partial charge in [0, 0.05) is 18.6 Å². The van der Waals surface area contributed by atoms with E-state index in [9.17, 15) is 9.90 Å². The maximum Gasteiger partial charge on any atom is 0.323 e. The second kappa shape index (κ2) is 6.25. The van der Waals surface area contributed by atoms with E-state index in [1.165, 1.54) is 25.7 Å². The van der Waals surface area contributed by atoms with Crippen LogP contribution in [0.1, 0.15) is 64.2 Å². The summed E-state index contributed by atoms with van der Waals surface area (Å²) >= 11 is 0. The van der Waals surface area contributed by atoms with Gasteiger partial charge < -0.3 is 10.0 Å². The normalized spacial score (nSPS) is 34.5. The molecule has 3 aliphatic carbocycles. The van der Waals surface area contributed by atoms with Crippen LogP contribution in [0.2, 0.25) is 0 Å². The van der Waals surface area contributed by atoms with Crippen molar-refractivity contribution >= 4 is 5.97 Å². The maximum absolute atomic E-state index is 11.9. The van der Waals surface area contributed by atoms with Gasteiger partial charge in [0.1, 0.15) is 5.54 Å². The lowest BCUT2D eigenvalue weighted by Gasteiger charge is -2.42. The molecule has 21 heavy (non-hydrogen) atoms. The van der Waals surface area contributed by atoms with Gasteiger partial charge in [0.2, 0.25) is 0 Å². The number of nitrogens with one attached hydrogen (secondary N) is 1. The Balaban J connectivity index is 1.61. The summed E-state index contributed by atoms with van der Waals surface area (Å²) < 4.78 is 0. The predicted octanol–water partition coefficient (Wildman–Crippen LogP) is 2.63. The summed E-state index contributed by atoms with van der Waals surface area (Å²) in [6.07, 6.45) is 11.6. The number of aliphatic carboxylic acids is 1. The minimum Gasteiger partial charge on any atom is -0.480 e. The molecule has 0 aliphatic heterocycles. The van der Waals surface area contributed by atoms with E-state index in [0.29, 0.717) is 12.1 Å². The van der Waals surface area contributed by atoms with Gasteiger partial charge >= 0.3 is 5.97 Å². The van der Waals surface area contributed by atoms with Crippen molar-refractivity contribution in [2.75, 3.05) is 13.6 Å². The van der Waals surface area contributed by atoms with E-state index in [2.05, 4.69) is 17.3 Å². The first-order valence-electron chi connectivity index (χ1n) is 8.80. The Bertz CT molecular complexity index is 377. The Morgan fingerprint density at radius 3 is 2.52 bits per heavy atom. The Labute approximate surface area is 128 Å². The van der Waals surface area contributed by atoms with Crippen LogP contribution >= 0.6 is 0 Å². The summed E-state index contributed by atoms with van der Waals surface area (Å²) in [5, 5.41) is 13.2. The molecule has 0 aromatic rings.